The van der Waals surface area contributed by atoms with E-state index in [9.17, 15) is 4.79 Å². The van der Waals surface area contributed by atoms with Crippen LogP contribution in [0.2, 0.25) is 0 Å². The first-order chi connectivity index (χ1) is 10.1. The van der Waals surface area contributed by atoms with Gasteiger partial charge in [-0.15, -0.1) is 0 Å². The minimum atomic E-state index is -0.0929. The topological polar surface area (TPSA) is 68.5 Å². The third-order valence-electron chi connectivity index (χ3n) is 3.74. The molecule has 1 heterocycles. The van der Waals surface area contributed by atoms with Crippen molar-refractivity contribution in [1.29, 1.82) is 0 Å². The lowest BCUT2D eigenvalue weighted by molar-refractivity contribution is -0.126. The van der Waals surface area contributed by atoms with Crippen molar-refractivity contribution < 1.29 is 9.63 Å². The minimum Gasteiger partial charge on any atom is -0.385 e. The second-order valence-corrected chi connectivity index (χ2v) is 5.61. The fourth-order valence-electron chi connectivity index (χ4n) is 2.54. The number of hydrogen-bond acceptors (Lipinski definition) is 4. The molecule has 1 amide bonds. The van der Waals surface area contributed by atoms with Crippen LogP contribution in [0.25, 0.3) is 0 Å². The molecule has 2 rings (SSSR count). The van der Waals surface area contributed by atoms with Crippen molar-refractivity contribution >= 4 is 11.6 Å². The maximum Gasteiger partial charge on any atom is 0.260 e. The average Bonchev–Trinajstić information content (AvgIpc) is 2.72. The van der Waals surface area contributed by atoms with E-state index in [2.05, 4.69) is 15.6 Å². The molecule has 1 aliphatic carbocycles. The highest BCUT2D eigenvalue weighted by atomic mass is 16.6. The Morgan fingerprint density at radius 3 is 2.76 bits per heavy atom. The van der Waals surface area contributed by atoms with Gasteiger partial charge in [-0.1, -0.05) is 30.8 Å². The maximum atomic E-state index is 11.8. The third kappa shape index (κ3) is 5.21. The molecule has 0 unspecified atom stereocenters. The molecular formula is C15H24N4O2. The zero-order valence-corrected chi connectivity index (χ0v) is 12.8. The summed E-state index contributed by atoms with van der Waals surface area (Å²) in [5.74, 6) is -0.0929. The molecule has 1 aromatic rings. The SMILES string of the molecule is C/C(=N\OCC(=O)NC1CCCCCC1)c1cnn(C)c1. The van der Waals surface area contributed by atoms with Gasteiger partial charge in [-0.2, -0.15) is 5.10 Å². The van der Waals surface area contributed by atoms with Gasteiger partial charge in [0.1, 0.15) is 0 Å². The summed E-state index contributed by atoms with van der Waals surface area (Å²) in [6.07, 6.45) is 10.7. The van der Waals surface area contributed by atoms with Gasteiger partial charge in [0.25, 0.3) is 5.91 Å². The highest BCUT2D eigenvalue weighted by Crippen LogP contribution is 2.17. The van der Waals surface area contributed by atoms with Gasteiger partial charge < -0.3 is 10.2 Å². The van der Waals surface area contributed by atoms with Crippen LogP contribution in [0.15, 0.2) is 17.5 Å². The normalized spacial score (nSPS) is 17.3. The Morgan fingerprint density at radius 2 is 2.14 bits per heavy atom. The van der Waals surface area contributed by atoms with Crippen LogP contribution in [0.1, 0.15) is 51.0 Å². The zero-order chi connectivity index (χ0) is 15.1. The zero-order valence-electron chi connectivity index (χ0n) is 12.8. The van der Waals surface area contributed by atoms with E-state index in [1.807, 2.05) is 20.2 Å². The third-order valence-corrected chi connectivity index (χ3v) is 3.74. The first kappa shape index (κ1) is 15.5. The molecule has 116 valence electrons. The molecule has 6 heteroatoms. The molecule has 1 fully saturated rings. The largest absolute Gasteiger partial charge is 0.385 e. The first-order valence-electron chi connectivity index (χ1n) is 7.60. The van der Waals surface area contributed by atoms with Crippen molar-refractivity contribution in [3.05, 3.63) is 18.0 Å². The average molecular weight is 292 g/mol. The molecule has 0 atom stereocenters. The predicted molar refractivity (Wildman–Crippen MR) is 81.0 cm³/mol. The van der Waals surface area contributed by atoms with E-state index in [0.29, 0.717) is 11.8 Å². The smallest absolute Gasteiger partial charge is 0.260 e. The van der Waals surface area contributed by atoms with E-state index < -0.39 is 0 Å². The lowest BCUT2D eigenvalue weighted by Gasteiger charge is -2.15. The van der Waals surface area contributed by atoms with Crippen LogP contribution in [0.3, 0.4) is 0 Å². The number of nitrogens with zero attached hydrogens (tertiary/aromatic N) is 3. The van der Waals surface area contributed by atoms with Crippen LogP contribution in [-0.2, 0) is 16.7 Å². The molecule has 21 heavy (non-hydrogen) atoms. The molecule has 0 aromatic carbocycles. The van der Waals surface area contributed by atoms with Crippen LogP contribution in [0.5, 0.6) is 0 Å². The molecule has 0 bridgehead atoms. The van der Waals surface area contributed by atoms with Crippen LogP contribution in [0, 0.1) is 0 Å². The fourth-order valence-corrected chi connectivity index (χ4v) is 2.54. The lowest BCUT2D eigenvalue weighted by atomic mass is 10.1. The van der Waals surface area contributed by atoms with E-state index >= 15 is 0 Å². The van der Waals surface area contributed by atoms with Crippen molar-refractivity contribution in [3.63, 3.8) is 0 Å². The van der Waals surface area contributed by atoms with E-state index in [1.54, 1.807) is 10.9 Å². The molecule has 0 aliphatic heterocycles. The van der Waals surface area contributed by atoms with Gasteiger partial charge in [-0.25, -0.2) is 0 Å². The molecule has 0 spiro atoms. The Labute approximate surface area is 125 Å². The number of amides is 1. The van der Waals surface area contributed by atoms with Crippen molar-refractivity contribution in [1.82, 2.24) is 15.1 Å². The molecular weight excluding hydrogens is 268 g/mol. The Balaban J connectivity index is 1.73. The second kappa shape index (κ2) is 7.81. The number of aryl methyl sites for hydroxylation is 1. The Morgan fingerprint density at radius 1 is 1.43 bits per heavy atom. The Hall–Kier alpha value is -1.85. The van der Waals surface area contributed by atoms with Crippen molar-refractivity contribution in [2.45, 2.75) is 51.5 Å². The monoisotopic (exact) mass is 292 g/mol. The predicted octanol–water partition coefficient (Wildman–Crippen LogP) is 2.00. The molecule has 0 radical (unpaired) electrons. The maximum absolute atomic E-state index is 11.8. The quantitative estimate of drug-likeness (QED) is 0.513. The van der Waals surface area contributed by atoms with Crippen molar-refractivity contribution in [2.75, 3.05) is 6.61 Å². The van der Waals surface area contributed by atoms with Crippen LogP contribution < -0.4 is 5.32 Å². The van der Waals surface area contributed by atoms with E-state index in [-0.39, 0.29) is 12.5 Å². The van der Waals surface area contributed by atoms with E-state index in [1.165, 1.54) is 25.7 Å². The van der Waals surface area contributed by atoms with E-state index in [0.717, 1.165) is 18.4 Å². The Bertz CT molecular complexity index is 488. The van der Waals surface area contributed by atoms with Gasteiger partial charge in [0.05, 0.1) is 11.9 Å². The standard InChI is InChI=1S/C15H24N4O2/c1-12(13-9-16-19(2)10-13)18-21-11-15(20)17-14-7-5-3-4-6-8-14/h9-10,14H,3-8,11H2,1-2H3,(H,17,20)/b18-12+. The van der Waals surface area contributed by atoms with Crippen LogP contribution in [-0.4, -0.2) is 34.0 Å². The van der Waals surface area contributed by atoms with E-state index in [4.69, 9.17) is 4.84 Å². The molecule has 1 N–H and O–H groups in total. The van der Waals surface area contributed by atoms with Gasteiger partial charge in [0.2, 0.25) is 0 Å². The lowest BCUT2D eigenvalue weighted by Crippen LogP contribution is -2.36. The highest BCUT2D eigenvalue weighted by molar-refractivity contribution is 5.97. The summed E-state index contributed by atoms with van der Waals surface area (Å²) in [4.78, 5) is 17.0. The number of nitrogens with one attached hydrogen (secondary N) is 1. The highest BCUT2D eigenvalue weighted by Gasteiger charge is 2.14. The fraction of sp³-hybridized carbons (Fsp3) is 0.667. The summed E-state index contributed by atoms with van der Waals surface area (Å²) in [6, 6.07) is 0.298. The number of aromatic nitrogens is 2. The summed E-state index contributed by atoms with van der Waals surface area (Å²) in [5, 5.41) is 11.1. The number of carbonyl (C=O) groups is 1. The number of hydrogen-bond donors (Lipinski definition) is 1. The summed E-state index contributed by atoms with van der Waals surface area (Å²) in [6.45, 7) is 1.80. The molecule has 6 nitrogen and oxygen atoms in total. The summed E-state index contributed by atoms with van der Waals surface area (Å²) in [5.41, 5.74) is 1.60. The van der Waals surface area contributed by atoms with Gasteiger partial charge >= 0.3 is 0 Å². The van der Waals surface area contributed by atoms with Crippen LogP contribution in [0.4, 0.5) is 0 Å². The van der Waals surface area contributed by atoms with Crippen molar-refractivity contribution in [3.8, 4) is 0 Å². The molecule has 1 saturated carbocycles. The number of carbonyl (C=O) groups excluding carboxylic acids is 1. The first-order valence-corrected chi connectivity index (χ1v) is 7.60. The number of rotatable bonds is 5. The van der Waals surface area contributed by atoms with Gasteiger partial charge in [0.15, 0.2) is 6.61 Å². The molecule has 1 aliphatic rings. The Kier molecular flexibility index (Phi) is 5.78. The van der Waals surface area contributed by atoms with Crippen LogP contribution >= 0.6 is 0 Å². The molecule has 1 aromatic heterocycles. The summed E-state index contributed by atoms with van der Waals surface area (Å²) >= 11 is 0. The van der Waals surface area contributed by atoms with Gasteiger partial charge in [-0.05, 0) is 19.8 Å². The molecule has 0 saturated heterocycles. The summed E-state index contributed by atoms with van der Waals surface area (Å²) in [7, 11) is 1.85. The van der Waals surface area contributed by atoms with Gasteiger partial charge in [0, 0.05) is 24.8 Å². The minimum absolute atomic E-state index is 0.0336. The summed E-state index contributed by atoms with van der Waals surface area (Å²) < 4.78 is 1.70. The number of oxime groups is 1. The van der Waals surface area contributed by atoms with Crippen molar-refractivity contribution in [2.24, 2.45) is 12.2 Å². The van der Waals surface area contributed by atoms with Gasteiger partial charge in [-0.3, -0.25) is 9.48 Å². The second-order valence-electron chi connectivity index (χ2n) is 5.61.